The first-order valence-electron chi connectivity index (χ1n) is 21.4. The molecule has 0 aromatic heterocycles. The lowest BCUT2D eigenvalue weighted by Crippen LogP contribution is -2.47. The van der Waals surface area contributed by atoms with Gasteiger partial charge in [0, 0.05) is 6.54 Å². The number of hydrogen-bond acceptors (Lipinski definition) is 7. The van der Waals surface area contributed by atoms with Crippen molar-refractivity contribution in [3.05, 3.63) is 12.2 Å². The molecule has 4 unspecified atom stereocenters. The first kappa shape index (κ1) is 50.2. The fourth-order valence-electron chi connectivity index (χ4n) is 6.41. The lowest BCUT2D eigenvalue weighted by molar-refractivity contribution is -0.125. The largest absolute Gasteiger partial charge is 0.472 e. The van der Waals surface area contributed by atoms with Gasteiger partial charge < -0.3 is 26.2 Å². The number of nitrogens with two attached hydrogens (primary N) is 1. The minimum Gasteiger partial charge on any atom is -0.393 e. The molecule has 6 N–H and O–H groups in total. The zero-order chi connectivity index (χ0) is 37.7. The average Bonchev–Trinajstić information content (AvgIpc) is 3.10. The summed E-state index contributed by atoms with van der Waals surface area (Å²) in [7, 11) is -4.37. The van der Waals surface area contributed by atoms with Crippen molar-refractivity contribution in [3.8, 4) is 0 Å². The third kappa shape index (κ3) is 36.0. The summed E-state index contributed by atoms with van der Waals surface area (Å²) in [4.78, 5) is 22.7. The summed E-state index contributed by atoms with van der Waals surface area (Å²) in [6.07, 6.45) is 37.0. The van der Waals surface area contributed by atoms with Crippen molar-refractivity contribution in [2.45, 2.75) is 225 Å². The Hall–Kier alpha value is -0.800. The van der Waals surface area contributed by atoms with E-state index in [0.717, 1.165) is 44.9 Å². The quantitative estimate of drug-likeness (QED) is 0.0236. The Morgan fingerprint density at radius 2 is 1.06 bits per heavy atom. The molecule has 0 spiro atoms. The van der Waals surface area contributed by atoms with Gasteiger partial charge in [-0.3, -0.25) is 13.8 Å². The second-order valence-electron chi connectivity index (χ2n) is 14.7. The van der Waals surface area contributed by atoms with Crippen LogP contribution in [0.3, 0.4) is 0 Å². The maximum Gasteiger partial charge on any atom is 0.472 e. The van der Waals surface area contributed by atoms with Crippen LogP contribution in [0.1, 0.15) is 206 Å². The maximum absolute atomic E-state index is 12.8. The van der Waals surface area contributed by atoms with Crippen LogP contribution in [0.15, 0.2) is 12.2 Å². The summed E-state index contributed by atoms with van der Waals surface area (Å²) in [6, 6.07) is -0.894. The molecule has 0 saturated carbocycles. The van der Waals surface area contributed by atoms with E-state index in [-0.39, 0.29) is 26.2 Å². The van der Waals surface area contributed by atoms with E-state index in [4.69, 9.17) is 14.8 Å². The van der Waals surface area contributed by atoms with E-state index in [1.807, 2.05) is 0 Å². The molecule has 0 radical (unpaired) electrons. The van der Waals surface area contributed by atoms with Crippen molar-refractivity contribution in [3.63, 3.8) is 0 Å². The number of carbonyl (C=O) groups excluding carboxylic acids is 1. The van der Waals surface area contributed by atoms with Crippen LogP contribution in [0.4, 0.5) is 0 Å². The number of aliphatic hydroxyl groups is 2. The Balaban J connectivity index is 4.15. The monoisotopic (exact) mass is 747 g/mol. The molecule has 0 bridgehead atoms. The van der Waals surface area contributed by atoms with E-state index in [1.165, 1.54) is 128 Å². The standard InChI is InChI=1S/C41H83N2O7P/c1-3-5-7-9-11-13-14-15-16-17-18-19-20-21-22-23-25-26-28-30-32-38(44)36-41(46)43-39(37-50-51(47,48)49-35-34-42)40(45)33-31-29-27-24-12-10-8-6-4-2/h20-21,38-40,44-45H,3-19,22-37,42H2,1-2H3,(H,43,46)(H,47,48)/b21-20-. The fourth-order valence-corrected chi connectivity index (χ4v) is 7.17. The molecule has 0 aliphatic rings. The first-order valence-corrected chi connectivity index (χ1v) is 22.9. The minimum atomic E-state index is -4.37. The van der Waals surface area contributed by atoms with E-state index in [0.29, 0.717) is 12.8 Å². The molecule has 10 heteroatoms. The van der Waals surface area contributed by atoms with Crippen LogP contribution in [0.25, 0.3) is 0 Å². The summed E-state index contributed by atoms with van der Waals surface area (Å²) >= 11 is 0. The molecule has 9 nitrogen and oxygen atoms in total. The van der Waals surface area contributed by atoms with Gasteiger partial charge in [-0.2, -0.15) is 0 Å². The van der Waals surface area contributed by atoms with Crippen molar-refractivity contribution in [1.29, 1.82) is 0 Å². The van der Waals surface area contributed by atoms with Crippen molar-refractivity contribution < 1.29 is 33.5 Å². The molecule has 0 aromatic carbocycles. The zero-order valence-electron chi connectivity index (χ0n) is 33.2. The van der Waals surface area contributed by atoms with Gasteiger partial charge in [-0.05, 0) is 38.5 Å². The van der Waals surface area contributed by atoms with Crippen LogP contribution < -0.4 is 11.1 Å². The van der Waals surface area contributed by atoms with E-state index in [2.05, 4.69) is 31.3 Å². The van der Waals surface area contributed by atoms with E-state index < -0.39 is 32.0 Å². The Morgan fingerprint density at radius 3 is 1.51 bits per heavy atom. The highest BCUT2D eigenvalue weighted by Crippen LogP contribution is 2.43. The third-order valence-electron chi connectivity index (χ3n) is 9.67. The Labute approximate surface area is 314 Å². The number of hydrogen-bond donors (Lipinski definition) is 5. The Morgan fingerprint density at radius 1 is 0.647 bits per heavy atom. The number of aliphatic hydroxyl groups excluding tert-OH is 2. The number of carbonyl (C=O) groups is 1. The van der Waals surface area contributed by atoms with Gasteiger partial charge in [-0.1, -0.05) is 174 Å². The molecule has 0 aliphatic heterocycles. The van der Waals surface area contributed by atoms with Gasteiger partial charge in [0.2, 0.25) is 5.91 Å². The number of phosphoric ester groups is 1. The predicted octanol–water partition coefficient (Wildman–Crippen LogP) is 10.6. The van der Waals surface area contributed by atoms with Crippen molar-refractivity contribution in [2.24, 2.45) is 5.73 Å². The molecular formula is C41H83N2O7P. The van der Waals surface area contributed by atoms with Crippen LogP contribution >= 0.6 is 7.82 Å². The average molecular weight is 747 g/mol. The van der Waals surface area contributed by atoms with Crippen LogP contribution in [-0.4, -0.2) is 59.0 Å². The highest BCUT2D eigenvalue weighted by atomic mass is 31.2. The minimum absolute atomic E-state index is 0.0596. The number of allylic oxidation sites excluding steroid dienone is 2. The molecule has 51 heavy (non-hydrogen) atoms. The first-order chi connectivity index (χ1) is 24.8. The van der Waals surface area contributed by atoms with Gasteiger partial charge >= 0.3 is 7.82 Å². The van der Waals surface area contributed by atoms with E-state index >= 15 is 0 Å². The highest BCUT2D eigenvalue weighted by molar-refractivity contribution is 7.47. The SMILES string of the molecule is CCCCCCCCCCCCC/C=C\CCCCCCCC(O)CC(=O)NC(COP(=O)(O)OCCN)C(O)CCCCCCCCCCC. The van der Waals surface area contributed by atoms with Gasteiger partial charge in [0.05, 0.1) is 37.9 Å². The molecular weight excluding hydrogens is 663 g/mol. The summed E-state index contributed by atoms with van der Waals surface area (Å²) in [5.74, 6) is -0.419. The third-order valence-corrected chi connectivity index (χ3v) is 10.7. The van der Waals surface area contributed by atoms with Crippen LogP contribution in [0.5, 0.6) is 0 Å². The fraction of sp³-hybridized carbons (Fsp3) is 0.927. The molecule has 0 aromatic rings. The Kier molecular flexibility index (Phi) is 36.9. The molecule has 0 fully saturated rings. The lowest BCUT2D eigenvalue weighted by atomic mass is 10.0. The molecule has 1 amide bonds. The molecule has 0 heterocycles. The molecule has 0 rings (SSSR count). The second-order valence-corrected chi connectivity index (χ2v) is 16.2. The number of unbranched alkanes of at least 4 members (excludes halogenated alkanes) is 24. The van der Waals surface area contributed by atoms with Gasteiger partial charge in [0.1, 0.15) is 0 Å². The zero-order valence-corrected chi connectivity index (χ0v) is 34.1. The summed E-state index contributed by atoms with van der Waals surface area (Å²) in [5, 5.41) is 24.1. The van der Waals surface area contributed by atoms with Crippen molar-refractivity contribution in [2.75, 3.05) is 19.8 Å². The predicted molar refractivity (Wildman–Crippen MR) is 214 cm³/mol. The number of amides is 1. The molecule has 4 atom stereocenters. The number of phosphoric acid groups is 1. The van der Waals surface area contributed by atoms with Gasteiger partial charge in [-0.15, -0.1) is 0 Å². The van der Waals surface area contributed by atoms with Crippen LogP contribution in [0, 0.1) is 0 Å². The van der Waals surface area contributed by atoms with Gasteiger partial charge in [0.15, 0.2) is 0 Å². The molecule has 304 valence electrons. The molecule has 0 aliphatic carbocycles. The topological polar surface area (TPSA) is 151 Å². The smallest absolute Gasteiger partial charge is 0.393 e. The normalized spacial score (nSPS) is 14.9. The van der Waals surface area contributed by atoms with Crippen molar-refractivity contribution >= 4 is 13.7 Å². The Bertz CT molecular complexity index is 832. The van der Waals surface area contributed by atoms with Gasteiger partial charge in [-0.25, -0.2) is 4.57 Å². The van der Waals surface area contributed by atoms with E-state index in [9.17, 15) is 24.5 Å². The maximum atomic E-state index is 12.8. The lowest BCUT2D eigenvalue weighted by Gasteiger charge is -2.25. The highest BCUT2D eigenvalue weighted by Gasteiger charge is 2.28. The summed E-state index contributed by atoms with van der Waals surface area (Å²) in [6.45, 7) is 4.02. The number of nitrogens with one attached hydrogen (secondary N) is 1. The summed E-state index contributed by atoms with van der Waals surface area (Å²) in [5.41, 5.74) is 5.35. The van der Waals surface area contributed by atoms with Crippen LogP contribution in [-0.2, 0) is 18.4 Å². The number of rotatable bonds is 40. The van der Waals surface area contributed by atoms with E-state index in [1.54, 1.807) is 0 Å². The second kappa shape index (κ2) is 37.5. The van der Waals surface area contributed by atoms with Crippen molar-refractivity contribution in [1.82, 2.24) is 5.32 Å². The molecule has 0 saturated heterocycles. The van der Waals surface area contributed by atoms with Gasteiger partial charge in [0.25, 0.3) is 0 Å². The summed E-state index contributed by atoms with van der Waals surface area (Å²) < 4.78 is 22.0. The van der Waals surface area contributed by atoms with Crippen LogP contribution in [0.2, 0.25) is 0 Å².